The summed E-state index contributed by atoms with van der Waals surface area (Å²) in [6, 6.07) is 18.6. The van der Waals surface area contributed by atoms with E-state index in [-0.39, 0.29) is 22.0 Å². The molecule has 0 spiro atoms. The van der Waals surface area contributed by atoms with Crippen molar-refractivity contribution in [2.45, 2.75) is 50.4 Å². The van der Waals surface area contributed by atoms with E-state index in [0.717, 1.165) is 44.6 Å². The van der Waals surface area contributed by atoms with Gasteiger partial charge in [0.2, 0.25) is 9.76 Å². The van der Waals surface area contributed by atoms with E-state index in [1.165, 1.54) is 12.1 Å². The first-order chi connectivity index (χ1) is 20.2. The topological polar surface area (TPSA) is 49.0 Å². The molecule has 214 valence electrons. The standard InChI is InChI=1S/C34H34FN3O2SSi/c1-22(2)34(3,4)42-40-17-16-37-20-29(27-12-9-24(18-30(27)37)23-7-10-26(35)11-8-23)32(39)28-13-15-38-31(28)21-41-33(38)25-6-5-14-36-19-25/h5-15,18-20,22,33H,16-17,21H2,1-4H3. The van der Waals surface area contributed by atoms with E-state index in [1.807, 2.05) is 54.6 Å². The Hall–Kier alpha value is -3.46. The SMILES string of the molecule is CC(C)C(C)(C)[Si]OCCn1cc(C(=O)c2ccn3c2CSC3c2cccnc2)c2ccc(-c3ccc(F)cc3)cc21. The van der Waals surface area contributed by atoms with E-state index >= 15 is 0 Å². The number of ketones is 1. The highest BCUT2D eigenvalue weighted by Gasteiger charge is 2.30. The molecule has 4 heterocycles. The molecule has 8 heteroatoms. The van der Waals surface area contributed by atoms with Gasteiger partial charge in [0.25, 0.3) is 0 Å². The molecule has 3 aromatic heterocycles. The van der Waals surface area contributed by atoms with Crippen LogP contribution in [-0.4, -0.2) is 36.3 Å². The largest absolute Gasteiger partial charge is 0.415 e. The Morgan fingerprint density at radius 1 is 1.12 bits per heavy atom. The van der Waals surface area contributed by atoms with Crippen LogP contribution in [0.3, 0.4) is 0 Å². The number of rotatable bonds is 10. The molecule has 1 unspecified atom stereocenters. The summed E-state index contributed by atoms with van der Waals surface area (Å²) >= 11 is 1.81. The summed E-state index contributed by atoms with van der Waals surface area (Å²) in [7, 11) is 0.390. The van der Waals surface area contributed by atoms with Gasteiger partial charge in [-0.05, 0) is 52.4 Å². The molecular formula is C34H34FN3O2SSi. The quantitative estimate of drug-likeness (QED) is 0.0929. The molecule has 6 rings (SSSR count). The number of aromatic nitrogens is 3. The highest BCUT2D eigenvalue weighted by molar-refractivity contribution is 7.99. The Labute approximate surface area is 253 Å². The van der Waals surface area contributed by atoms with Gasteiger partial charge in [0.05, 0.1) is 6.61 Å². The summed E-state index contributed by atoms with van der Waals surface area (Å²) in [4.78, 5) is 18.4. The van der Waals surface area contributed by atoms with Gasteiger partial charge >= 0.3 is 0 Å². The monoisotopic (exact) mass is 595 g/mol. The molecule has 42 heavy (non-hydrogen) atoms. The zero-order valence-electron chi connectivity index (χ0n) is 24.3. The average molecular weight is 596 g/mol. The fraction of sp³-hybridized carbons (Fsp3) is 0.294. The minimum Gasteiger partial charge on any atom is -0.415 e. The molecule has 1 atom stereocenters. The molecule has 5 aromatic rings. The third-order valence-electron chi connectivity index (χ3n) is 8.39. The van der Waals surface area contributed by atoms with Crippen molar-refractivity contribution in [2.24, 2.45) is 5.92 Å². The summed E-state index contributed by atoms with van der Waals surface area (Å²) in [6.07, 6.45) is 7.68. The van der Waals surface area contributed by atoms with E-state index < -0.39 is 0 Å². The number of hydrogen-bond donors (Lipinski definition) is 0. The first-order valence-corrected chi connectivity index (χ1v) is 16.2. The number of nitrogens with zero attached hydrogens (tertiary/aromatic N) is 3. The number of carbonyl (C=O) groups is 1. The van der Waals surface area contributed by atoms with Crippen molar-refractivity contribution >= 4 is 38.2 Å². The van der Waals surface area contributed by atoms with Crippen LogP contribution in [0.5, 0.6) is 0 Å². The Balaban J connectivity index is 1.33. The van der Waals surface area contributed by atoms with Gasteiger partial charge in [-0.1, -0.05) is 58.0 Å². The average Bonchev–Trinajstić information content (AvgIpc) is 3.69. The number of carbonyl (C=O) groups excluding carboxylic acids is 1. The van der Waals surface area contributed by atoms with Gasteiger partial charge < -0.3 is 13.6 Å². The van der Waals surface area contributed by atoms with Gasteiger partial charge in [-0.3, -0.25) is 9.78 Å². The number of halogens is 1. The molecule has 0 amide bonds. The zero-order valence-corrected chi connectivity index (χ0v) is 26.1. The van der Waals surface area contributed by atoms with Crippen molar-refractivity contribution in [3.63, 3.8) is 0 Å². The molecule has 5 nitrogen and oxygen atoms in total. The third kappa shape index (κ3) is 5.51. The van der Waals surface area contributed by atoms with Gasteiger partial charge in [-0.25, -0.2) is 4.39 Å². The second kappa shape index (κ2) is 11.7. The fourth-order valence-corrected chi connectivity index (χ4v) is 7.31. The van der Waals surface area contributed by atoms with Crippen LogP contribution in [0.15, 0.2) is 85.5 Å². The maximum Gasteiger partial charge on any atom is 0.236 e. The Kier molecular flexibility index (Phi) is 7.96. The minimum absolute atomic E-state index is 0.0261. The van der Waals surface area contributed by atoms with Crippen LogP contribution in [0.25, 0.3) is 22.0 Å². The van der Waals surface area contributed by atoms with Gasteiger partial charge in [-0.15, -0.1) is 11.8 Å². The van der Waals surface area contributed by atoms with Crippen LogP contribution in [0.1, 0.15) is 60.2 Å². The van der Waals surface area contributed by atoms with E-state index in [1.54, 1.807) is 18.3 Å². The van der Waals surface area contributed by atoms with Gasteiger partial charge in [0.15, 0.2) is 5.78 Å². The van der Waals surface area contributed by atoms with Crippen LogP contribution in [0.2, 0.25) is 5.04 Å². The number of fused-ring (bicyclic) bond motifs is 2. The predicted octanol–water partition coefficient (Wildman–Crippen LogP) is 8.16. The van der Waals surface area contributed by atoms with Crippen molar-refractivity contribution in [3.05, 3.63) is 114 Å². The lowest BCUT2D eigenvalue weighted by Crippen LogP contribution is -2.23. The highest BCUT2D eigenvalue weighted by atomic mass is 32.2. The Morgan fingerprint density at radius 2 is 1.90 bits per heavy atom. The van der Waals surface area contributed by atoms with Crippen molar-refractivity contribution in [3.8, 4) is 11.1 Å². The van der Waals surface area contributed by atoms with Crippen LogP contribution in [0, 0.1) is 11.7 Å². The molecule has 0 N–H and O–H groups in total. The number of thioether (sulfide) groups is 1. The zero-order chi connectivity index (χ0) is 29.4. The van der Waals surface area contributed by atoms with Crippen molar-refractivity contribution < 1.29 is 13.6 Å². The molecule has 1 aliphatic heterocycles. The number of hydrogen-bond acceptors (Lipinski definition) is 4. The van der Waals surface area contributed by atoms with Gasteiger partial charge in [0.1, 0.15) is 11.2 Å². The third-order valence-corrected chi connectivity index (χ3v) is 11.1. The lowest BCUT2D eigenvalue weighted by Gasteiger charge is -2.27. The molecule has 2 radical (unpaired) electrons. The fourth-order valence-electron chi connectivity index (χ4n) is 5.20. The molecule has 0 fully saturated rings. The molecule has 2 aromatic carbocycles. The second-order valence-electron chi connectivity index (χ2n) is 11.7. The number of pyridine rings is 1. The van der Waals surface area contributed by atoms with E-state index in [9.17, 15) is 9.18 Å². The molecule has 0 bridgehead atoms. The Morgan fingerprint density at radius 3 is 2.64 bits per heavy atom. The Bertz CT molecular complexity index is 1730. The maximum absolute atomic E-state index is 14.1. The van der Waals surface area contributed by atoms with E-state index in [2.05, 4.69) is 53.9 Å². The van der Waals surface area contributed by atoms with Gasteiger partial charge in [0, 0.05) is 70.4 Å². The minimum atomic E-state index is -0.262. The van der Waals surface area contributed by atoms with Crippen LogP contribution < -0.4 is 0 Å². The molecular weight excluding hydrogens is 562 g/mol. The molecule has 1 aliphatic rings. The molecule has 0 aliphatic carbocycles. The van der Waals surface area contributed by atoms with Crippen LogP contribution in [-0.2, 0) is 16.7 Å². The normalized spacial score (nSPS) is 15.0. The van der Waals surface area contributed by atoms with Crippen LogP contribution in [0.4, 0.5) is 4.39 Å². The lowest BCUT2D eigenvalue weighted by molar-refractivity contribution is 0.103. The van der Waals surface area contributed by atoms with Crippen LogP contribution >= 0.6 is 11.8 Å². The smallest absolute Gasteiger partial charge is 0.236 e. The van der Waals surface area contributed by atoms with Crippen molar-refractivity contribution in [1.82, 2.24) is 14.1 Å². The van der Waals surface area contributed by atoms with E-state index in [0.29, 0.717) is 34.4 Å². The highest BCUT2D eigenvalue weighted by Crippen LogP contribution is 2.42. The van der Waals surface area contributed by atoms with Crippen molar-refractivity contribution in [1.29, 1.82) is 0 Å². The van der Waals surface area contributed by atoms with Crippen molar-refractivity contribution in [2.75, 3.05) is 6.61 Å². The first kappa shape index (κ1) is 28.6. The summed E-state index contributed by atoms with van der Waals surface area (Å²) < 4.78 is 24.1. The van der Waals surface area contributed by atoms with E-state index in [4.69, 9.17) is 4.43 Å². The summed E-state index contributed by atoms with van der Waals surface area (Å²) in [6.45, 7) is 10.1. The molecule has 0 saturated carbocycles. The lowest BCUT2D eigenvalue weighted by atomic mass is 9.99. The summed E-state index contributed by atoms with van der Waals surface area (Å²) in [5, 5.41) is 1.13. The summed E-state index contributed by atoms with van der Waals surface area (Å²) in [5.41, 5.74) is 6.47. The molecule has 0 saturated heterocycles. The first-order valence-electron chi connectivity index (χ1n) is 14.3. The second-order valence-corrected chi connectivity index (χ2v) is 14.5. The van der Waals surface area contributed by atoms with Gasteiger partial charge in [-0.2, -0.15) is 0 Å². The maximum atomic E-state index is 14.1. The summed E-state index contributed by atoms with van der Waals surface area (Å²) in [5.74, 6) is 1.05. The number of benzene rings is 2. The predicted molar refractivity (Wildman–Crippen MR) is 169 cm³/mol.